The quantitative estimate of drug-likeness (QED) is 0.784. The number of carbonyl (C=O) groups is 1. The number of thioether (sulfide) groups is 1. The molecule has 0 aromatic heterocycles. The first-order valence-corrected chi connectivity index (χ1v) is 8.25. The summed E-state index contributed by atoms with van der Waals surface area (Å²) in [7, 11) is 3.23. The molecule has 21 heavy (non-hydrogen) atoms. The van der Waals surface area contributed by atoms with Crippen molar-refractivity contribution in [3.05, 3.63) is 18.2 Å². The van der Waals surface area contributed by atoms with Crippen LogP contribution in [0.3, 0.4) is 0 Å². The van der Waals surface area contributed by atoms with Gasteiger partial charge in [0.1, 0.15) is 0 Å². The highest BCUT2D eigenvalue weighted by atomic mass is 32.2. The molecule has 116 valence electrons. The van der Waals surface area contributed by atoms with Crippen LogP contribution in [0.5, 0.6) is 11.5 Å². The number of likely N-dealkylation sites (tertiary alicyclic amines) is 1. The van der Waals surface area contributed by atoms with Gasteiger partial charge in [-0.15, -0.1) is 11.8 Å². The molecule has 1 fully saturated rings. The largest absolute Gasteiger partial charge is 0.493 e. The molecule has 1 amide bonds. The van der Waals surface area contributed by atoms with Crippen molar-refractivity contribution in [1.82, 2.24) is 4.90 Å². The van der Waals surface area contributed by atoms with E-state index < -0.39 is 0 Å². The predicted octanol–water partition coefficient (Wildman–Crippen LogP) is 3.05. The van der Waals surface area contributed by atoms with Crippen LogP contribution in [0.2, 0.25) is 0 Å². The Labute approximate surface area is 130 Å². The first kappa shape index (κ1) is 16.0. The summed E-state index contributed by atoms with van der Waals surface area (Å²) in [4.78, 5) is 15.3. The number of methoxy groups -OCH3 is 2. The van der Waals surface area contributed by atoms with E-state index in [4.69, 9.17) is 9.47 Å². The van der Waals surface area contributed by atoms with E-state index in [2.05, 4.69) is 6.92 Å². The predicted molar refractivity (Wildman–Crippen MR) is 85.2 cm³/mol. The summed E-state index contributed by atoms with van der Waals surface area (Å²) >= 11 is 1.55. The van der Waals surface area contributed by atoms with Gasteiger partial charge in [0.15, 0.2) is 11.5 Å². The summed E-state index contributed by atoms with van der Waals surface area (Å²) in [5, 5.41) is 0. The van der Waals surface area contributed by atoms with E-state index >= 15 is 0 Å². The Morgan fingerprint density at radius 3 is 2.76 bits per heavy atom. The van der Waals surface area contributed by atoms with Crippen molar-refractivity contribution in [2.45, 2.75) is 24.7 Å². The number of benzene rings is 1. The number of piperidine rings is 1. The van der Waals surface area contributed by atoms with Crippen LogP contribution in [0.15, 0.2) is 23.1 Å². The highest BCUT2D eigenvalue weighted by molar-refractivity contribution is 8.00. The molecule has 1 saturated heterocycles. The van der Waals surface area contributed by atoms with Crippen molar-refractivity contribution in [3.63, 3.8) is 0 Å². The lowest BCUT2D eigenvalue weighted by molar-refractivity contribution is -0.130. The molecule has 0 radical (unpaired) electrons. The van der Waals surface area contributed by atoms with E-state index in [0.29, 0.717) is 23.2 Å². The van der Waals surface area contributed by atoms with E-state index in [0.717, 1.165) is 24.4 Å². The van der Waals surface area contributed by atoms with E-state index in [9.17, 15) is 4.79 Å². The third-order valence-corrected chi connectivity index (χ3v) is 4.71. The Balaban J connectivity index is 1.91. The lowest BCUT2D eigenvalue weighted by Crippen LogP contribution is -2.40. The minimum absolute atomic E-state index is 0.223. The molecule has 0 bridgehead atoms. The van der Waals surface area contributed by atoms with Gasteiger partial charge in [-0.3, -0.25) is 4.79 Å². The monoisotopic (exact) mass is 309 g/mol. The molecule has 5 heteroatoms. The molecular formula is C16H23NO3S. The maximum Gasteiger partial charge on any atom is 0.232 e. The molecule has 1 heterocycles. The van der Waals surface area contributed by atoms with Crippen molar-refractivity contribution in [1.29, 1.82) is 0 Å². The van der Waals surface area contributed by atoms with Crippen molar-refractivity contribution in [3.8, 4) is 11.5 Å². The second-order valence-corrected chi connectivity index (χ2v) is 6.44. The molecule has 1 atom stereocenters. The summed E-state index contributed by atoms with van der Waals surface area (Å²) in [6.45, 7) is 4.00. The van der Waals surface area contributed by atoms with Gasteiger partial charge < -0.3 is 14.4 Å². The number of hydrogen-bond acceptors (Lipinski definition) is 4. The molecule has 0 unspecified atom stereocenters. The molecule has 0 N–H and O–H groups in total. The Bertz CT molecular complexity index is 492. The summed E-state index contributed by atoms with van der Waals surface area (Å²) in [5.74, 6) is 2.72. The second kappa shape index (κ2) is 7.59. The maximum atomic E-state index is 12.2. The van der Waals surface area contributed by atoms with Gasteiger partial charge in [-0.1, -0.05) is 6.92 Å². The lowest BCUT2D eigenvalue weighted by atomic mass is 10.0. The number of carbonyl (C=O) groups excluding carboxylic acids is 1. The molecule has 0 saturated carbocycles. The van der Waals surface area contributed by atoms with Gasteiger partial charge in [0, 0.05) is 18.0 Å². The Morgan fingerprint density at radius 2 is 2.10 bits per heavy atom. The van der Waals surface area contributed by atoms with Crippen molar-refractivity contribution in [2.24, 2.45) is 5.92 Å². The molecule has 1 aromatic rings. The van der Waals surface area contributed by atoms with E-state index in [1.54, 1.807) is 26.0 Å². The van der Waals surface area contributed by atoms with Crippen LogP contribution in [-0.4, -0.2) is 43.9 Å². The third kappa shape index (κ3) is 4.30. The number of rotatable bonds is 5. The summed E-state index contributed by atoms with van der Waals surface area (Å²) in [6, 6.07) is 5.74. The first-order valence-electron chi connectivity index (χ1n) is 7.26. The van der Waals surface area contributed by atoms with E-state index in [1.807, 2.05) is 23.1 Å². The molecular weight excluding hydrogens is 286 g/mol. The van der Waals surface area contributed by atoms with Crippen LogP contribution < -0.4 is 9.47 Å². The van der Waals surface area contributed by atoms with E-state index in [1.165, 1.54) is 6.42 Å². The van der Waals surface area contributed by atoms with Gasteiger partial charge >= 0.3 is 0 Å². The molecule has 2 rings (SSSR count). The zero-order valence-corrected chi connectivity index (χ0v) is 13.7. The lowest BCUT2D eigenvalue weighted by Gasteiger charge is -2.30. The third-order valence-electron chi connectivity index (χ3n) is 3.73. The maximum absolute atomic E-state index is 12.2. The topological polar surface area (TPSA) is 38.8 Å². The van der Waals surface area contributed by atoms with Gasteiger partial charge in [0.05, 0.1) is 20.0 Å². The number of hydrogen-bond donors (Lipinski definition) is 0. The van der Waals surface area contributed by atoms with Crippen molar-refractivity contribution in [2.75, 3.05) is 33.1 Å². The zero-order chi connectivity index (χ0) is 15.2. The SMILES string of the molecule is COc1ccc(SCC(=O)N2CCC[C@@H](C)C2)cc1OC. The van der Waals surface area contributed by atoms with Gasteiger partial charge in [0.2, 0.25) is 5.91 Å². The van der Waals surface area contributed by atoms with Crippen LogP contribution in [0, 0.1) is 5.92 Å². The van der Waals surface area contributed by atoms with Crippen LogP contribution in [-0.2, 0) is 4.79 Å². The molecule has 4 nitrogen and oxygen atoms in total. The van der Waals surface area contributed by atoms with Crippen LogP contribution in [0.4, 0.5) is 0 Å². The molecule has 0 spiro atoms. The van der Waals surface area contributed by atoms with Crippen LogP contribution in [0.1, 0.15) is 19.8 Å². The standard InChI is InChI=1S/C16H23NO3S/c1-12-5-4-8-17(10-12)16(18)11-21-13-6-7-14(19-2)15(9-13)20-3/h6-7,9,12H,4-5,8,10-11H2,1-3H3/t12-/m1/s1. The number of amides is 1. The van der Waals surface area contributed by atoms with Gasteiger partial charge in [0.25, 0.3) is 0 Å². The van der Waals surface area contributed by atoms with E-state index in [-0.39, 0.29) is 5.91 Å². The summed E-state index contributed by atoms with van der Waals surface area (Å²) in [6.07, 6.45) is 2.35. The number of nitrogens with zero attached hydrogens (tertiary/aromatic N) is 1. The van der Waals surface area contributed by atoms with Crippen molar-refractivity contribution < 1.29 is 14.3 Å². The Kier molecular flexibility index (Phi) is 5.79. The van der Waals surface area contributed by atoms with Gasteiger partial charge in [-0.2, -0.15) is 0 Å². The molecule has 1 aromatic carbocycles. The second-order valence-electron chi connectivity index (χ2n) is 5.39. The minimum Gasteiger partial charge on any atom is -0.493 e. The van der Waals surface area contributed by atoms with Crippen LogP contribution in [0.25, 0.3) is 0 Å². The fraction of sp³-hybridized carbons (Fsp3) is 0.562. The highest BCUT2D eigenvalue weighted by Gasteiger charge is 2.20. The highest BCUT2D eigenvalue weighted by Crippen LogP contribution is 2.32. The van der Waals surface area contributed by atoms with Gasteiger partial charge in [-0.05, 0) is 37.0 Å². The average molecular weight is 309 g/mol. The average Bonchev–Trinajstić information content (AvgIpc) is 2.52. The Hall–Kier alpha value is -1.36. The zero-order valence-electron chi connectivity index (χ0n) is 12.9. The molecule has 0 aliphatic carbocycles. The minimum atomic E-state index is 0.223. The molecule has 1 aliphatic rings. The van der Waals surface area contributed by atoms with Crippen molar-refractivity contribution >= 4 is 17.7 Å². The summed E-state index contributed by atoms with van der Waals surface area (Å²) < 4.78 is 10.5. The fourth-order valence-corrected chi connectivity index (χ4v) is 3.39. The molecule has 1 aliphatic heterocycles. The first-order chi connectivity index (χ1) is 10.1. The normalized spacial score (nSPS) is 18.4. The fourth-order valence-electron chi connectivity index (χ4n) is 2.56. The summed E-state index contributed by atoms with van der Waals surface area (Å²) in [5.41, 5.74) is 0. The Morgan fingerprint density at radius 1 is 1.33 bits per heavy atom. The number of ether oxygens (including phenoxy) is 2. The van der Waals surface area contributed by atoms with Gasteiger partial charge in [-0.25, -0.2) is 0 Å². The smallest absolute Gasteiger partial charge is 0.232 e. The van der Waals surface area contributed by atoms with Crippen LogP contribution >= 0.6 is 11.8 Å².